The van der Waals surface area contributed by atoms with Crippen LogP contribution in [-0.4, -0.2) is 179 Å². The minimum atomic E-state index is -1.88. The number of hydrogen-bond donors (Lipinski definition) is 6. The topological polar surface area (TPSA) is 209 Å². The minimum absolute atomic E-state index is 0.111. The van der Waals surface area contributed by atoms with Gasteiger partial charge in [0.1, 0.15) is 30.0 Å². The molecule has 0 radical (unpaired) electrons. The third kappa shape index (κ3) is 12.1. The number of carbonyl (C=O) groups is 2. The fourth-order valence-electron chi connectivity index (χ4n) is 9.34. The van der Waals surface area contributed by atoms with Crippen LogP contribution in [0.4, 0.5) is 0 Å². The maximum Gasteiger partial charge on any atom is 0.311 e. The Labute approximate surface area is 340 Å². The number of likely N-dealkylation sites (N-methyl/N-ethyl adjacent to an activating group) is 1. The Morgan fingerprint density at radius 2 is 1.63 bits per heavy atom. The Morgan fingerprint density at radius 1 is 0.982 bits per heavy atom. The molecule has 0 aromatic heterocycles. The van der Waals surface area contributed by atoms with Crippen molar-refractivity contribution in [3.05, 3.63) is 0 Å². The number of rotatable bonds is 12. The Bertz CT molecular complexity index is 1260. The molecule has 1 amide bonds. The molecule has 18 atom stereocenters. The molecule has 3 aliphatic rings. The van der Waals surface area contributed by atoms with Crippen LogP contribution < -0.4 is 5.32 Å². The van der Waals surface area contributed by atoms with Gasteiger partial charge in [0, 0.05) is 51.2 Å². The number of aliphatic hydroxyl groups is 5. The molecule has 18 unspecified atom stereocenters. The second-order valence-electron chi connectivity index (χ2n) is 18.1. The van der Waals surface area contributed by atoms with Crippen molar-refractivity contribution in [2.75, 3.05) is 40.8 Å². The predicted molar refractivity (Wildman–Crippen MR) is 212 cm³/mol. The third-order valence-corrected chi connectivity index (χ3v) is 12.9. The molecule has 0 aliphatic carbocycles. The number of aliphatic hydroxyl groups excluding tert-OH is 3. The normalized spacial score (nSPS) is 46.2. The van der Waals surface area contributed by atoms with Crippen LogP contribution in [0.15, 0.2) is 0 Å². The lowest BCUT2D eigenvalue weighted by atomic mass is 9.77. The van der Waals surface area contributed by atoms with E-state index in [9.17, 15) is 35.1 Å². The molecule has 57 heavy (non-hydrogen) atoms. The van der Waals surface area contributed by atoms with E-state index in [4.69, 9.17) is 28.4 Å². The van der Waals surface area contributed by atoms with Crippen LogP contribution in [0.25, 0.3) is 0 Å². The number of ether oxygens (including phenoxy) is 6. The van der Waals surface area contributed by atoms with E-state index in [1.54, 1.807) is 48.5 Å². The summed E-state index contributed by atoms with van der Waals surface area (Å²) in [6.07, 6.45) is -7.56. The maximum absolute atomic E-state index is 14.4. The van der Waals surface area contributed by atoms with Gasteiger partial charge in [0.25, 0.3) is 0 Å². The quantitative estimate of drug-likeness (QED) is 0.0935. The van der Waals surface area contributed by atoms with Gasteiger partial charge in [-0.1, -0.05) is 20.8 Å². The van der Waals surface area contributed by atoms with E-state index < -0.39 is 96.0 Å². The molecule has 6 N–H and O–H groups in total. The van der Waals surface area contributed by atoms with Crippen LogP contribution in [0.2, 0.25) is 0 Å². The molecule has 3 rings (SSSR count). The standard InChI is InChI=1S/C41H77N3O13/c1-14-30-41(10,51)34(47)27(6)44(17-15-16-42-22-45)21-23(2)19-39(8,50)36(57-38-32(46)29(43(11)12)18-24(3)53-38)25(4)33(26(5)37(49)55-30)56-31-20-40(9,52-13)35(48)28(7)54-31/h22-36,38,46-48,50-51H,14-21H2,1-13H3,(H,42,45). The smallest absolute Gasteiger partial charge is 0.311 e. The highest BCUT2D eigenvalue weighted by Gasteiger charge is 2.52. The second-order valence-corrected chi connectivity index (χ2v) is 18.1. The van der Waals surface area contributed by atoms with Crippen LogP contribution in [-0.2, 0) is 38.0 Å². The summed E-state index contributed by atoms with van der Waals surface area (Å²) in [5.41, 5.74) is -4.54. The van der Waals surface area contributed by atoms with Crippen LogP contribution in [0, 0.1) is 17.8 Å². The highest BCUT2D eigenvalue weighted by atomic mass is 16.7. The van der Waals surface area contributed by atoms with Gasteiger partial charge in [0.05, 0.1) is 41.5 Å². The fourth-order valence-corrected chi connectivity index (χ4v) is 9.34. The highest BCUT2D eigenvalue weighted by Crippen LogP contribution is 2.40. The monoisotopic (exact) mass is 820 g/mol. The van der Waals surface area contributed by atoms with Gasteiger partial charge in [0.2, 0.25) is 6.41 Å². The lowest BCUT2D eigenvalue weighted by Crippen LogP contribution is -2.60. The van der Waals surface area contributed by atoms with Gasteiger partial charge in [-0.3, -0.25) is 14.5 Å². The number of carbonyl (C=O) groups excluding carboxylic acids is 2. The number of methoxy groups -OCH3 is 1. The number of nitrogens with zero attached hydrogens (tertiary/aromatic N) is 2. The van der Waals surface area contributed by atoms with Crippen LogP contribution in [0.5, 0.6) is 0 Å². The molecule has 3 fully saturated rings. The van der Waals surface area contributed by atoms with Gasteiger partial charge in [-0.05, 0) is 94.2 Å². The number of esters is 1. The number of hydrogen-bond acceptors (Lipinski definition) is 15. The lowest BCUT2D eigenvalue weighted by Gasteiger charge is -2.48. The van der Waals surface area contributed by atoms with E-state index in [0.717, 1.165) is 0 Å². The molecule has 0 saturated carbocycles. The molecule has 0 spiro atoms. The Balaban J connectivity index is 2.20. The molecule has 3 aliphatic heterocycles. The molecule has 16 heteroatoms. The summed E-state index contributed by atoms with van der Waals surface area (Å²) in [6.45, 7) is 18.7. The minimum Gasteiger partial charge on any atom is -0.459 e. The molecule has 16 nitrogen and oxygen atoms in total. The predicted octanol–water partition coefficient (Wildman–Crippen LogP) is 1.41. The first-order valence-corrected chi connectivity index (χ1v) is 20.9. The summed E-state index contributed by atoms with van der Waals surface area (Å²) in [6, 6.07) is -0.933. The zero-order chi connectivity index (χ0) is 43.2. The molecular formula is C41H77N3O13. The molecular weight excluding hydrogens is 742 g/mol. The molecule has 0 bridgehead atoms. The van der Waals surface area contributed by atoms with E-state index in [-0.39, 0.29) is 37.3 Å². The van der Waals surface area contributed by atoms with Crippen molar-refractivity contribution in [1.29, 1.82) is 0 Å². The highest BCUT2D eigenvalue weighted by molar-refractivity contribution is 5.73. The molecule has 3 saturated heterocycles. The van der Waals surface area contributed by atoms with Gasteiger partial charge < -0.3 is 64.2 Å². The fraction of sp³-hybridized carbons (Fsp3) is 0.951. The van der Waals surface area contributed by atoms with Crippen LogP contribution >= 0.6 is 0 Å². The van der Waals surface area contributed by atoms with E-state index in [1.807, 2.05) is 37.7 Å². The van der Waals surface area contributed by atoms with Gasteiger partial charge in [0.15, 0.2) is 12.6 Å². The second kappa shape index (κ2) is 20.8. The first-order chi connectivity index (χ1) is 26.4. The lowest BCUT2D eigenvalue weighted by molar-refractivity contribution is -0.318. The van der Waals surface area contributed by atoms with E-state index >= 15 is 0 Å². The van der Waals surface area contributed by atoms with Crippen molar-refractivity contribution >= 4 is 12.4 Å². The summed E-state index contributed by atoms with van der Waals surface area (Å²) in [7, 11) is 5.25. The molecule has 3 heterocycles. The zero-order valence-electron chi connectivity index (χ0n) is 36.8. The van der Waals surface area contributed by atoms with Gasteiger partial charge in [-0.2, -0.15) is 0 Å². The first-order valence-electron chi connectivity index (χ1n) is 20.9. The van der Waals surface area contributed by atoms with Crippen molar-refractivity contribution in [2.24, 2.45) is 17.8 Å². The van der Waals surface area contributed by atoms with Crippen molar-refractivity contribution in [2.45, 2.75) is 192 Å². The number of amides is 1. The van der Waals surface area contributed by atoms with E-state index in [0.29, 0.717) is 38.9 Å². The van der Waals surface area contributed by atoms with Crippen LogP contribution in [0.3, 0.4) is 0 Å². The zero-order valence-corrected chi connectivity index (χ0v) is 36.8. The van der Waals surface area contributed by atoms with Crippen molar-refractivity contribution in [1.82, 2.24) is 15.1 Å². The van der Waals surface area contributed by atoms with Gasteiger partial charge in [-0.25, -0.2) is 0 Å². The Hall–Kier alpha value is -1.54. The molecule has 0 aromatic rings. The largest absolute Gasteiger partial charge is 0.459 e. The van der Waals surface area contributed by atoms with Crippen molar-refractivity contribution in [3.63, 3.8) is 0 Å². The summed E-state index contributed by atoms with van der Waals surface area (Å²) < 4.78 is 37.8. The SMILES string of the molecule is CCC1OC(=O)C(C)C(OC2CC(C)(OC)C(O)C(C)O2)C(C)C(OC2OC(C)CC(N(C)C)C2O)C(C)(O)CC(C)CN(CCCNC=O)C(C)C(O)C1(C)O. The van der Waals surface area contributed by atoms with Crippen molar-refractivity contribution in [3.8, 4) is 0 Å². The summed E-state index contributed by atoms with van der Waals surface area (Å²) >= 11 is 0. The van der Waals surface area contributed by atoms with Crippen molar-refractivity contribution < 1.29 is 63.5 Å². The van der Waals surface area contributed by atoms with E-state index in [1.165, 1.54) is 14.0 Å². The average molecular weight is 820 g/mol. The Morgan fingerprint density at radius 3 is 2.21 bits per heavy atom. The number of nitrogens with one attached hydrogen (secondary N) is 1. The first kappa shape index (κ1) is 49.8. The molecule has 334 valence electrons. The Kier molecular flexibility index (Phi) is 18.2. The van der Waals surface area contributed by atoms with E-state index in [2.05, 4.69) is 5.32 Å². The van der Waals surface area contributed by atoms with Gasteiger partial charge >= 0.3 is 5.97 Å². The maximum atomic E-state index is 14.4. The van der Waals surface area contributed by atoms with Gasteiger partial charge in [-0.15, -0.1) is 0 Å². The van der Waals surface area contributed by atoms with Crippen LogP contribution in [0.1, 0.15) is 101 Å². The number of cyclic esters (lactones) is 1. The third-order valence-electron chi connectivity index (χ3n) is 12.9. The average Bonchev–Trinajstić information content (AvgIpc) is 3.14. The summed E-state index contributed by atoms with van der Waals surface area (Å²) in [5, 5.41) is 61.7. The summed E-state index contributed by atoms with van der Waals surface area (Å²) in [5.74, 6) is -2.78. The molecule has 0 aromatic carbocycles. The summed E-state index contributed by atoms with van der Waals surface area (Å²) in [4.78, 5) is 29.3.